The van der Waals surface area contributed by atoms with Crippen molar-refractivity contribution < 1.29 is 26.0 Å². The zero-order valence-electron chi connectivity index (χ0n) is 26.7. The van der Waals surface area contributed by atoms with E-state index in [1.807, 2.05) is 23.3 Å². The highest BCUT2D eigenvalue weighted by Crippen LogP contribution is 2.38. The van der Waals surface area contributed by atoms with Gasteiger partial charge in [-0.1, -0.05) is 55.4 Å². The van der Waals surface area contributed by atoms with Gasteiger partial charge in [-0.15, -0.1) is 0 Å². The Morgan fingerprint density at radius 1 is 0.979 bits per heavy atom. The second-order valence-corrected chi connectivity index (χ2v) is 17.8. The van der Waals surface area contributed by atoms with Gasteiger partial charge in [-0.2, -0.15) is 0 Å². The molecule has 0 atom stereocenters. The molecule has 13 heteroatoms. The fourth-order valence-corrected chi connectivity index (χ4v) is 8.95. The SMILES string of the molecule is Cc1cc(-n2c(C(C)(C)c3ccc(S(C)(=O)=O)cc3)cnc2SCc2ccc(S(=O)(=O)CC(=O)CN3CCCC3)cc2Cl)ccc1F. The number of halogens is 2. The Kier molecular flexibility index (Phi) is 10.4. The van der Waals surface area contributed by atoms with Crippen LogP contribution < -0.4 is 0 Å². The van der Waals surface area contributed by atoms with Crippen molar-refractivity contribution in [2.45, 2.75) is 59.7 Å². The van der Waals surface area contributed by atoms with Gasteiger partial charge >= 0.3 is 0 Å². The van der Waals surface area contributed by atoms with Gasteiger partial charge in [-0.05, 0) is 92.0 Å². The number of sulfone groups is 2. The van der Waals surface area contributed by atoms with Crippen molar-refractivity contribution in [2.24, 2.45) is 0 Å². The van der Waals surface area contributed by atoms with E-state index in [0.717, 1.165) is 37.2 Å². The molecule has 1 aliphatic rings. The van der Waals surface area contributed by atoms with Crippen LogP contribution in [0.3, 0.4) is 0 Å². The van der Waals surface area contributed by atoms with Crippen molar-refractivity contribution >= 4 is 48.8 Å². The molecule has 0 saturated carbocycles. The van der Waals surface area contributed by atoms with Crippen molar-refractivity contribution in [3.05, 3.63) is 100 Å². The van der Waals surface area contributed by atoms with E-state index in [-0.39, 0.29) is 33.0 Å². The lowest BCUT2D eigenvalue weighted by molar-refractivity contribution is -0.117. The molecule has 4 aromatic rings. The number of hydrogen-bond acceptors (Lipinski definition) is 8. The minimum Gasteiger partial charge on any atom is -0.297 e. The number of likely N-dealkylation sites (tertiary alicyclic amines) is 1. The Labute approximate surface area is 285 Å². The van der Waals surface area contributed by atoms with Gasteiger partial charge in [0, 0.05) is 28.1 Å². The quantitative estimate of drug-likeness (QED) is 0.154. The van der Waals surface area contributed by atoms with Gasteiger partial charge in [-0.3, -0.25) is 14.3 Å². The third-order valence-electron chi connectivity index (χ3n) is 8.46. The minimum atomic E-state index is -3.86. The topological polar surface area (TPSA) is 106 Å². The van der Waals surface area contributed by atoms with Gasteiger partial charge in [0.1, 0.15) is 11.6 Å². The van der Waals surface area contributed by atoms with E-state index in [9.17, 15) is 26.0 Å². The summed E-state index contributed by atoms with van der Waals surface area (Å²) in [5, 5.41) is 0.861. The Balaban J connectivity index is 1.41. The highest BCUT2D eigenvalue weighted by Gasteiger charge is 2.30. The summed E-state index contributed by atoms with van der Waals surface area (Å²) >= 11 is 7.97. The maximum absolute atomic E-state index is 14.3. The average Bonchev–Trinajstić information content (AvgIpc) is 3.67. The third kappa shape index (κ3) is 8.00. The van der Waals surface area contributed by atoms with Crippen molar-refractivity contribution in [3.8, 4) is 5.69 Å². The van der Waals surface area contributed by atoms with Crippen LogP contribution in [0.4, 0.5) is 4.39 Å². The van der Waals surface area contributed by atoms with Crippen LogP contribution in [0.25, 0.3) is 5.69 Å². The summed E-state index contributed by atoms with van der Waals surface area (Å²) in [7, 11) is -7.22. The van der Waals surface area contributed by atoms with Gasteiger partial charge in [0.05, 0.1) is 28.2 Å². The number of aromatic nitrogens is 2. The standard InChI is InChI=1S/C34H37ClFN3O5S3/c1-23-17-26(10-14-31(23)36)39-32(34(2,3)25-8-12-28(13-9-25)46(4,41)42)19-37-33(39)45-21-24-7-11-29(18-30(24)35)47(43,44)22-27(40)20-38-15-5-6-16-38/h7-14,17-19H,5-6,15-16,20-22H2,1-4H3. The number of hydrogen-bond donors (Lipinski definition) is 0. The molecule has 1 saturated heterocycles. The zero-order chi connectivity index (χ0) is 34.1. The van der Waals surface area contributed by atoms with E-state index in [2.05, 4.69) is 0 Å². The zero-order valence-corrected chi connectivity index (χ0v) is 29.9. The highest BCUT2D eigenvalue weighted by atomic mass is 35.5. The summed E-state index contributed by atoms with van der Waals surface area (Å²) in [6, 6.07) is 16.1. The predicted octanol–water partition coefficient (Wildman–Crippen LogP) is 6.43. The molecule has 0 bridgehead atoms. The summed E-state index contributed by atoms with van der Waals surface area (Å²) in [6.07, 6.45) is 4.94. The first-order chi connectivity index (χ1) is 22.1. The van der Waals surface area contributed by atoms with Crippen LogP contribution in [0.15, 0.2) is 81.8 Å². The summed E-state index contributed by atoms with van der Waals surface area (Å²) in [5.74, 6) is -0.888. The summed E-state index contributed by atoms with van der Waals surface area (Å²) in [6.45, 7) is 7.44. The van der Waals surface area contributed by atoms with Crippen molar-refractivity contribution in [1.29, 1.82) is 0 Å². The number of ketones is 1. The molecule has 0 N–H and O–H groups in total. The molecule has 3 aromatic carbocycles. The number of imidazole rings is 1. The fraction of sp³-hybridized carbons (Fsp3) is 0.353. The third-order valence-corrected chi connectivity index (χ3v) is 12.6. The minimum absolute atomic E-state index is 0.000219. The first-order valence-corrected chi connectivity index (χ1v) is 20.0. The normalized spacial score (nSPS) is 14.5. The number of carbonyl (C=O) groups excluding carboxylic acids is 1. The first-order valence-electron chi connectivity index (χ1n) is 15.1. The number of aryl methyl sites for hydroxylation is 1. The first kappa shape index (κ1) is 35.3. The van der Waals surface area contributed by atoms with Crippen molar-refractivity contribution in [2.75, 3.05) is 31.6 Å². The molecule has 2 heterocycles. The van der Waals surface area contributed by atoms with Gasteiger partial charge in [-0.25, -0.2) is 26.2 Å². The summed E-state index contributed by atoms with van der Waals surface area (Å²) in [5.41, 5.74) is 2.87. The van der Waals surface area contributed by atoms with Crippen LogP contribution in [-0.4, -0.2) is 68.7 Å². The molecular weight excluding hydrogens is 681 g/mol. The van der Waals surface area contributed by atoms with E-state index in [1.165, 1.54) is 36.2 Å². The molecule has 0 radical (unpaired) electrons. The number of Topliss-reactive ketones (excluding diaryl/α,β-unsaturated/α-hetero) is 1. The van der Waals surface area contributed by atoms with Gasteiger partial charge in [0.25, 0.3) is 0 Å². The monoisotopic (exact) mass is 717 g/mol. The Morgan fingerprint density at radius 2 is 1.64 bits per heavy atom. The second-order valence-electron chi connectivity index (χ2n) is 12.4. The Bertz CT molecular complexity index is 2020. The van der Waals surface area contributed by atoms with E-state index in [0.29, 0.717) is 27.7 Å². The molecule has 47 heavy (non-hydrogen) atoms. The highest BCUT2D eigenvalue weighted by molar-refractivity contribution is 7.98. The molecule has 1 aliphatic heterocycles. The van der Waals surface area contributed by atoms with Crippen LogP contribution in [0.1, 0.15) is 49.1 Å². The molecule has 5 rings (SSSR count). The van der Waals surface area contributed by atoms with Crippen LogP contribution >= 0.6 is 23.4 Å². The predicted molar refractivity (Wildman–Crippen MR) is 184 cm³/mol. The Morgan fingerprint density at radius 3 is 2.26 bits per heavy atom. The van der Waals surface area contributed by atoms with Crippen LogP contribution in [0.2, 0.25) is 5.02 Å². The number of rotatable bonds is 12. The van der Waals surface area contributed by atoms with E-state index < -0.39 is 30.8 Å². The lowest BCUT2D eigenvalue weighted by Crippen LogP contribution is -2.30. The molecule has 1 fully saturated rings. The summed E-state index contributed by atoms with van der Waals surface area (Å²) < 4.78 is 66.4. The lowest BCUT2D eigenvalue weighted by atomic mass is 9.81. The number of thioether (sulfide) groups is 1. The number of benzene rings is 3. The van der Waals surface area contributed by atoms with Gasteiger partial charge < -0.3 is 0 Å². The summed E-state index contributed by atoms with van der Waals surface area (Å²) in [4.78, 5) is 19.4. The van der Waals surface area contributed by atoms with E-state index >= 15 is 0 Å². The maximum atomic E-state index is 14.3. The fourth-order valence-electron chi connectivity index (χ4n) is 5.67. The lowest BCUT2D eigenvalue weighted by Gasteiger charge is -2.28. The number of nitrogens with zero attached hydrogens (tertiary/aromatic N) is 3. The van der Waals surface area contributed by atoms with Gasteiger partial charge in [0.2, 0.25) is 0 Å². The molecule has 0 aliphatic carbocycles. The van der Waals surface area contributed by atoms with Gasteiger partial charge in [0.15, 0.2) is 30.6 Å². The van der Waals surface area contributed by atoms with Crippen molar-refractivity contribution in [3.63, 3.8) is 0 Å². The van der Waals surface area contributed by atoms with Crippen LogP contribution in [0, 0.1) is 12.7 Å². The van der Waals surface area contributed by atoms with Crippen LogP contribution in [0.5, 0.6) is 0 Å². The molecule has 0 spiro atoms. The molecule has 250 valence electrons. The van der Waals surface area contributed by atoms with E-state index in [4.69, 9.17) is 16.6 Å². The molecule has 8 nitrogen and oxygen atoms in total. The number of carbonyl (C=O) groups is 1. The molecule has 1 aromatic heterocycles. The smallest absolute Gasteiger partial charge is 0.185 e. The maximum Gasteiger partial charge on any atom is 0.185 e. The molecule has 0 unspecified atom stereocenters. The largest absolute Gasteiger partial charge is 0.297 e. The average molecular weight is 718 g/mol. The molecule has 0 amide bonds. The Hall–Kier alpha value is -3.03. The van der Waals surface area contributed by atoms with E-state index in [1.54, 1.807) is 55.6 Å². The second kappa shape index (κ2) is 13.8. The molecular formula is C34H37ClFN3O5S3. The van der Waals surface area contributed by atoms with Crippen LogP contribution in [-0.2, 0) is 35.6 Å². The van der Waals surface area contributed by atoms with Crippen molar-refractivity contribution in [1.82, 2.24) is 14.5 Å².